The minimum absolute atomic E-state index is 0.244. The Labute approximate surface area is 175 Å². The number of ketones is 1. The molecule has 1 saturated heterocycles. The number of carbonyl (C=O) groups is 4. The molecule has 1 heterocycles. The zero-order chi connectivity index (χ0) is 21.6. The molecule has 2 bridgehead atoms. The lowest BCUT2D eigenvalue weighted by Crippen LogP contribution is -2.50. The summed E-state index contributed by atoms with van der Waals surface area (Å²) in [6, 6.07) is 5.57. The monoisotopic (exact) mass is 413 g/mol. The van der Waals surface area contributed by atoms with Crippen molar-refractivity contribution in [3.63, 3.8) is 0 Å². The summed E-state index contributed by atoms with van der Waals surface area (Å²) < 4.78 is 10.4. The third-order valence-electron chi connectivity index (χ3n) is 6.85. The molecule has 2 saturated carbocycles. The second-order valence-electron chi connectivity index (χ2n) is 8.88. The van der Waals surface area contributed by atoms with E-state index in [9.17, 15) is 19.2 Å². The van der Waals surface area contributed by atoms with Gasteiger partial charge in [-0.1, -0.05) is 26.0 Å². The van der Waals surface area contributed by atoms with Gasteiger partial charge in [-0.05, 0) is 49.1 Å². The summed E-state index contributed by atoms with van der Waals surface area (Å²) >= 11 is 0. The van der Waals surface area contributed by atoms with Gasteiger partial charge in [0, 0.05) is 5.56 Å². The lowest BCUT2D eigenvalue weighted by molar-refractivity contribution is -0.160. The summed E-state index contributed by atoms with van der Waals surface area (Å²) in [5.74, 6) is -1.43. The van der Waals surface area contributed by atoms with E-state index in [1.165, 1.54) is 7.11 Å². The molecule has 5 atom stereocenters. The van der Waals surface area contributed by atoms with Crippen LogP contribution in [0.4, 0.5) is 0 Å². The number of esters is 1. The van der Waals surface area contributed by atoms with Gasteiger partial charge in [0.25, 0.3) is 0 Å². The molecule has 160 valence electrons. The average molecular weight is 413 g/mol. The average Bonchev–Trinajstić information content (AvgIpc) is 3.42. The molecular formula is C23H27NO6. The van der Waals surface area contributed by atoms with Crippen molar-refractivity contribution in [3.8, 4) is 5.75 Å². The maximum Gasteiger partial charge on any atom is 0.330 e. The molecule has 0 N–H and O–H groups in total. The van der Waals surface area contributed by atoms with Crippen LogP contribution in [0, 0.1) is 29.6 Å². The Balaban J connectivity index is 1.47. The van der Waals surface area contributed by atoms with Crippen molar-refractivity contribution in [3.05, 3.63) is 29.8 Å². The first-order valence-corrected chi connectivity index (χ1v) is 10.5. The molecule has 2 aliphatic carbocycles. The van der Waals surface area contributed by atoms with E-state index in [1.54, 1.807) is 38.1 Å². The van der Waals surface area contributed by atoms with Gasteiger partial charge in [-0.2, -0.15) is 0 Å². The number of nitrogens with zero attached hydrogens (tertiary/aromatic N) is 1. The van der Waals surface area contributed by atoms with E-state index in [1.807, 2.05) is 0 Å². The number of amides is 2. The van der Waals surface area contributed by atoms with Crippen LogP contribution < -0.4 is 4.74 Å². The quantitative estimate of drug-likeness (QED) is 0.388. The molecule has 7 heteroatoms. The molecule has 0 spiro atoms. The van der Waals surface area contributed by atoms with Gasteiger partial charge >= 0.3 is 5.97 Å². The molecule has 3 fully saturated rings. The number of imide groups is 1. The molecule has 4 rings (SSSR count). The molecular weight excluding hydrogens is 386 g/mol. The fourth-order valence-corrected chi connectivity index (χ4v) is 5.48. The Morgan fingerprint density at radius 1 is 1.10 bits per heavy atom. The van der Waals surface area contributed by atoms with Crippen LogP contribution in [-0.2, 0) is 19.1 Å². The highest BCUT2D eigenvalue weighted by molar-refractivity contribution is 6.09. The minimum atomic E-state index is -1.01. The van der Waals surface area contributed by atoms with Crippen molar-refractivity contribution in [2.75, 3.05) is 13.7 Å². The third kappa shape index (κ3) is 3.30. The summed E-state index contributed by atoms with van der Waals surface area (Å²) in [6.07, 6.45) is 2.89. The molecule has 0 aromatic heterocycles. The van der Waals surface area contributed by atoms with Crippen molar-refractivity contribution >= 4 is 23.6 Å². The predicted molar refractivity (Wildman–Crippen MR) is 107 cm³/mol. The molecule has 5 unspecified atom stereocenters. The first-order chi connectivity index (χ1) is 14.3. The smallest absolute Gasteiger partial charge is 0.330 e. The Bertz CT molecular complexity index is 865. The highest BCUT2D eigenvalue weighted by Gasteiger charge is 2.62. The first kappa shape index (κ1) is 20.6. The van der Waals surface area contributed by atoms with Gasteiger partial charge in [-0.15, -0.1) is 0 Å². The molecule has 7 nitrogen and oxygen atoms in total. The predicted octanol–water partition coefficient (Wildman–Crippen LogP) is 2.48. The van der Waals surface area contributed by atoms with Crippen LogP contribution in [0.3, 0.4) is 0 Å². The first-order valence-electron chi connectivity index (χ1n) is 10.5. The van der Waals surface area contributed by atoms with Crippen LogP contribution in [0.1, 0.15) is 43.5 Å². The normalized spacial score (nSPS) is 28.1. The molecule has 0 radical (unpaired) electrons. The topological polar surface area (TPSA) is 90.0 Å². The summed E-state index contributed by atoms with van der Waals surface area (Å²) in [5, 5.41) is 0. The number of ether oxygens (including phenoxy) is 2. The van der Waals surface area contributed by atoms with Crippen LogP contribution in [0.5, 0.6) is 5.75 Å². The van der Waals surface area contributed by atoms with Gasteiger partial charge in [0.05, 0.1) is 18.9 Å². The number of likely N-dealkylation sites (tertiary alicyclic amines) is 1. The molecule has 3 aliphatic rings. The number of carbonyl (C=O) groups excluding carboxylic acids is 4. The summed E-state index contributed by atoms with van der Waals surface area (Å²) in [4.78, 5) is 52.6. The molecule has 2 amide bonds. The number of benzene rings is 1. The highest BCUT2D eigenvalue weighted by Crippen LogP contribution is 2.56. The van der Waals surface area contributed by atoms with E-state index < -0.39 is 18.6 Å². The molecule has 1 aromatic carbocycles. The summed E-state index contributed by atoms with van der Waals surface area (Å²) in [7, 11) is 1.50. The van der Waals surface area contributed by atoms with E-state index in [2.05, 4.69) is 0 Å². The van der Waals surface area contributed by atoms with Gasteiger partial charge < -0.3 is 9.47 Å². The van der Waals surface area contributed by atoms with E-state index in [-0.39, 0.29) is 47.2 Å². The largest absolute Gasteiger partial charge is 0.497 e. The Hall–Kier alpha value is -2.70. The number of hydrogen-bond donors (Lipinski definition) is 0. The second-order valence-corrected chi connectivity index (χ2v) is 8.88. The zero-order valence-electron chi connectivity index (χ0n) is 17.5. The van der Waals surface area contributed by atoms with E-state index >= 15 is 0 Å². The van der Waals surface area contributed by atoms with E-state index in [0.717, 1.165) is 24.2 Å². The lowest BCUT2D eigenvalue weighted by Gasteiger charge is -2.28. The number of fused-ring (bicyclic) bond motifs is 5. The highest BCUT2D eigenvalue weighted by atomic mass is 16.5. The minimum Gasteiger partial charge on any atom is -0.497 e. The van der Waals surface area contributed by atoms with Gasteiger partial charge in [-0.25, -0.2) is 4.79 Å². The van der Waals surface area contributed by atoms with Crippen LogP contribution in [0.25, 0.3) is 0 Å². The number of rotatable bonds is 7. The number of Topliss-reactive ketones (excluding diaryl/α,β-unsaturated/α-hetero) is 1. The fourth-order valence-electron chi connectivity index (χ4n) is 5.48. The van der Waals surface area contributed by atoms with Crippen LogP contribution in [0.15, 0.2) is 24.3 Å². The van der Waals surface area contributed by atoms with Crippen molar-refractivity contribution in [2.24, 2.45) is 29.6 Å². The van der Waals surface area contributed by atoms with Crippen LogP contribution >= 0.6 is 0 Å². The fraction of sp³-hybridized carbons (Fsp3) is 0.565. The van der Waals surface area contributed by atoms with Gasteiger partial charge in [0.2, 0.25) is 11.8 Å². The van der Waals surface area contributed by atoms with Gasteiger partial charge in [0.15, 0.2) is 12.4 Å². The Morgan fingerprint density at radius 3 is 2.30 bits per heavy atom. The second kappa shape index (κ2) is 7.85. The van der Waals surface area contributed by atoms with Crippen molar-refractivity contribution in [1.29, 1.82) is 0 Å². The van der Waals surface area contributed by atoms with Gasteiger partial charge in [0.1, 0.15) is 11.8 Å². The maximum absolute atomic E-state index is 13.1. The molecule has 30 heavy (non-hydrogen) atoms. The zero-order valence-corrected chi connectivity index (χ0v) is 17.5. The van der Waals surface area contributed by atoms with Crippen LogP contribution in [-0.4, -0.2) is 48.2 Å². The van der Waals surface area contributed by atoms with Crippen molar-refractivity contribution < 1.29 is 28.7 Å². The Kier molecular flexibility index (Phi) is 5.38. The third-order valence-corrected chi connectivity index (χ3v) is 6.85. The van der Waals surface area contributed by atoms with E-state index in [0.29, 0.717) is 11.3 Å². The summed E-state index contributed by atoms with van der Waals surface area (Å²) in [6.45, 7) is 3.10. The molecule has 1 aromatic rings. The Morgan fingerprint density at radius 2 is 1.73 bits per heavy atom. The van der Waals surface area contributed by atoms with Crippen LogP contribution in [0.2, 0.25) is 0 Å². The van der Waals surface area contributed by atoms with E-state index in [4.69, 9.17) is 9.47 Å². The number of hydrogen-bond acceptors (Lipinski definition) is 6. The lowest BCUT2D eigenvalue weighted by atomic mass is 9.81. The van der Waals surface area contributed by atoms with Gasteiger partial charge in [-0.3, -0.25) is 19.3 Å². The molecule has 1 aliphatic heterocycles. The standard InChI is InChI=1S/C23H27NO6/c1-12(2)20(23(28)30-11-17(25)13-5-4-6-16(10-13)29-3)24-21(26)18-14-7-8-15(9-14)19(18)22(24)27/h4-6,10,12,14-15,18-20H,7-9,11H2,1-3H3. The SMILES string of the molecule is COc1cccc(C(=O)COC(=O)C(C(C)C)N2C(=O)C3C4CCC(C4)C3C2=O)c1. The van der Waals surface area contributed by atoms with Crippen molar-refractivity contribution in [2.45, 2.75) is 39.2 Å². The number of methoxy groups -OCH3 is 1. The summed E-state index contributed by atoms with van der Waals surface area (Å²) in [5.41, 5.74) is 0.364. The van der Waals surface area contributed by atoms with Crippen molar-refractivity contribution in [1.82, 2.24) is 4.90 Å². The maximum atomic E-state index is 13.1.